The molecule has 0 aromatic carbocycles. The third kappa shape index (κ3) is 10.2. The van der Waals surface area contributed by atoms with Crippen molar-refractivity contribution in [1.82, 2.24) is 5.32 Å². The van der Waals surface area contributed by atoms with Crippen molar-refractivity contribution >= 4 is 15.9 Å². The summed E-state index contributed by atoms with van der Waals surface area (Å²) in [7, 11) is -3.50. The van der Waals surface area contributed by atoms with E-state index in [1.54, 1.807) is 0 Å². The summed E-state index contributed by atoms with van der Waals surface area (Å²) in [6.07, 6.45) is 2.53. The number of nitrogens with two attached hydrogens (primary N) is 2. The van der Waals surface area contributed by atoms with Crippen LogP contribution in [0.3, 0.4) is 0 Å². The van der Waals surface area contributed by atoms with Crippen molar-refractivity contribution in [2.45, 2.75) is 39.2 Å². The predicted molar refractivity (Wildman–Crippen MR) is 67.6 cm³/mol. The van der Waals surface area contributed by atoms with E-state index in [4.69, 9.17) is 10.9 Å². The molecule has 0 rings (SSSR count). The summed E-state index contributed by atoms with van der Waals surface area (Å²) in [5, 5.41) is 7.37. The van der Waals surface area contributed by atoms with Gasteiger partial charge >= 0.3 is 0 Å². The standard InChI is InChI=1S/C10H23N3O3S/c1-8(4-3-5-9(2)11)10(14)13-6-7-17(12,15)16/h8-9H,3-7,11H2,1-2H3,(H,13,14)(H2,12,15,16). The first kappa shape index (κ1) is 16.3. The van der Waals surface area contributed by atoms with E-state index in [9.17, 15) is 13.2 Å². The number of carbonyl (C=O) groups excluding carboxylic acids is 1. The molecule has 2 unspecified atom stereocenters. The first-order valence-corrected chi connectivity index (χ1v) is 7.47. The molecule has 0 bridgehead atoms. The van der Waals surface area contributed by atoms with Gasteiger partial charge in [0.05, 0.1) is 5.75 Å². The van der Waals surface area contributed by atoms with Gasteiger partial charge in [-0.15, -0.1) is 0 Å². The topological polar surface area (TPSA) is 115 Å². The van der Waals surface area contributed by atoms with E-state index in [1.807, 2.05) is 13.8 Å². The molecule has 0 aromatic rings. The maximum absolute atomic E-state index is 11.5. The molecular weight excluding hydrogens is 242 g/mol. The summed E-state index contributed by atoms with van der Waals surface area (Å²) in [4.78, 5) is 11.5. The number of rotatable bonds is 8. The van der Waals surface area contributed by atoms with E-state index >= 15 is 0 Å². The number of sulfonamides is 1. The number of carbonyl (C=O) groups is 1. The number of primary sulfonamides is 1. The number of nitrogens with one attached hydrogen (secondary N) is 1. The molecule has 0 spiro atoms. The van der Waals surface area contributed by atoms with Gasteiger partial charge in [-0.1, -0.05) is 13.3 Å². The Morgan fingerprint density at radius 2 is 1.88 bits per heavy atom. The lowest BCUT2D eigenvalue weighted by Gasteiger charge is -2.12. The fourth-order valence-corrected chi connectivity index (χ4v) is 1.75. The van der Waals surface area contributed by atoms with E-state index < -0.39 is 10.0 Å². The Morgan fingerprint density at radius 1 is 1.29 bits per heavy atom. The lowest BCUT2D eigenvalue weighted by atomic mass is 10.0. The minimum Gasteiger partial charge on any atom is -0.355 e. The lowest BCUT2D eigenvalue weighted by Crippen LogP contribution is -2.34. The molecule has 0 fully saturated rings. The van der Waals surface area contributed by atoms with E-state index in [0.29, 0.717) is 0 Å². The highest BCUT2D eigenvalue weighted by Gasteiger charge is 2.13. The first-order chi connectivity index (χ1) is 7.72. The molecule has 2 atom stereocenters. The first-order valence-electron chi connectivity index (χ1n) is 5.76. The zero-order valence-electron chi connectivity index (χ0n) is 10.5. The van der Waals surface area contributed by atoms with Gasteiger partial charge in [0.15, 0.2) is 0 Å². The highest BCUT2D eigenvalue weighted by molar-refractivity contribution is 7.89. The maximum Gasteiger partial charge on any atom is 0.222 e. The summed E-state index contributed by atoms with van der Waals surface area (Å²) >= 11 is 0. The van der Waals surface area contributed by atoms with Crippen LogP contribution in [-0.4, -0.2) is 32.7 Å². The molecule has 0 aliphatic heterocycles. The highest BCUT2D eigenvalue weighted by Crippen LogP contribution is 2.08. The Kier molecular flexibility index (Phi) is 7.33. The van der Waals surface area contributed by atoms with Crippen LogP contribution in [0.15, 0.2) is 0 Å². The van der Waals surface area contributed by atoms with Crippen LogP contribution in [0.25, 0.3) is 0 Å². The quantitative estimate of drug-likeness (QED) is 0.551. The Morgan fingerprint density at radius 3 is 2.35 bits per heavy atom. The summed E-state index contributed by atoms with van der Waals surface area (Å²) in [5.41, 5.74) is 5.60. The van der Waals surface area contributed by atoms with Crippen molar-refractivity contribution in [1.29, 1.82) is 0 Å². The van der Waals surface area contributed by atoms with Crippen molar-refractivity contribution in [3.05, 3.63) is 0 Å². The molecule has 0 heterocycles. The van der Waals surface area contributed by atoms with Gasteiger partial charge in [0.2, 0.25) is 15.9 Å². The Labute approximate surface area is 103 Å². The fraction of sp³-hybridized carbons (Fsp3) is 0.900. The minimum absolute atomic E-state index is 0.0648. The fourth-order valence-electron chi connectivity index (χ4n) is 1.37. The zero-order chi connectivity index (χ0) is 13.5. The van der Waals surface area contributed by atoms with Gasteiger partial charge in [-0.05, 0) is 19.8 Å². The molecule has 0 saturated heterocycles. The van der Waals surface area contributed by atoms with E-state index in [-0.39, 0.29) is 30.2 Å². The SMILES string of the molecule is CC(N)CCCC(C)C(=O)NCCS(N)(=O)=O. The van der Waals surface area contributed by atoms with Crippen LogP contribution in [0, 0.1) is 5.92 Å². The molecule has 0 aliphatic rings. The highest BCUT2D eigenvalue weighted by atomic mass is 32.2. The van der Waals surface area contributed by atoms with Crippen LogP contribution in [-0.2, 0) is 14.8 Å². The molecule has 0 saturated carbocycles. The normalized spacial score (nSPS) is 15.3. The van der Waals surface area contributed by atoms with E-state index in [2.05, 4.69) is 5.32 Å². The van der Waals surface area contributed by atoms with Gasteiger partial charge < -0.3 is 11.1 Å². The lowest BCUT2D eigenvalue weighted by molar-refractivity contribution is -0.124. The van der Waals surface area contributed by atoms with Crippen molar-refractivity contribution in [2.24, 2.45) is 16.8 Å². The van der Waals surface area contributed by atoms with Gasteiger partial charge in [0.1, 0.15) is 0 Å². The molecule has 5 N–H and O–H groups in total. The van der Waals surface area contributed by atoms with Gasteiger partial charge in [-0.3, -0.25) is 4.79 Å². The monoisotopic (exact) mass is 265 g/mol. The van der Waals surface area contributed by atoms with Crippen molar-refractivity contribution in [2.75, 3.05) is 12.3 Å². The van der Waals surface area contributed by atoms with Crippen LogP contribution in [0.5, 0.6) is 0 Å². The van der Waals surface area contributed by atoms with Crippen LogP contribution >= 0.6 is 0 Å². The van der Waals surface area contributed by atoms with Gasteiger partial charge in [-0.2, -0.15) is 0 Å². The van der Waals surface area contributed by atoms with Crippen LogP contribution in [0.4, 0.5) is 0 Å². The van der Waals surface area contributed by atoms with E-state index in [0.717, 1.165) is 19.3 Å². The Balaban J connectivity index is 3.75. The number of hydrogen-bond acceptors (Lipinski definition) is 4. The Hall–Kier alpha value is -0.660. The van der Waals surface area contributed by atoms with Crippen molar-refractivity contribution in [3.63, 3.8) is 0 Å². The van der Waals surface area contributed by atoms with Crippen molar-refractivity contribution < 1.29 is 13.2 Å². The van der Waals surface area contributed by atoms with Crippen LogP contribution in [0.1, 0.15) is 33.1 Å². The Bertz CT molecular complexity index is 328. The second-order valence-corrected chi connectivity index (χ2v) is 6.20. The van der Waals surface area contributed by atoms with Gasteiger partial charge in [-0.25, -0.2) is 13.6 Å². The van der Waals surface area contributed by atoms with Crippen LogP contribution < -0.4 is 16.2 Å². The summed E-state index contributed by atoms with van der Waals surface area (Å²) in [5.74, 6) is -0.502. The van der Waals surface area contributed by atoms with Gasteiger partial charge in [0.25, 0.3) is 0 Å². The average molecular weight is 265 g/mol. The van der Waals surface area contributed by atoms with Crippen molar-refractivity contribution in [3.8, 4) is 0 Å². The number of hydrogen-bond donors (Lipinski definition) is 3. The smallest absolute Gasteiger partial charge is 0.222 e. The third-order valence-corrected chi connectivity index (χ3v) is 3.20. The average Bonchev–Trinajstić information content (AvgIpc) is 2.14. The molecule has 102 valence electrons. The predicted octanol–water partition coefficient (Wildman–Crippen LogP) is -0.455. The second kappa shape index (κ2) is 7.62. The third-order valence-electron chi connectivity index (χ3n) is 2.43. The van der Waals surface area contributed by atoms with E-state index in [1.165, 1.54) is 0 Å². The molecule has 17 heavy (non-hydrogen) atoms. The largest absolute Gasteiger partial charge is 0.355 e. The molecule has 0 aliphatic carbocycles. The second-order valence-electron chi connectivity index (χ2n) is 4.47. The minimum atomic E-state index is -3.50. The summed E-state index contributed by atoms with van der Waals surface area (Å²) in [6, 6.07) is 0.146. The summed E-state index contributed by atoms with van der Waals surface area (Å²) in [6.45, 7) is 3.81. The summed E-state index contributed by atoms with van der Waals surface area (Å²) < 4.78 is 21.3. The number of amides is 1. The molecule has 1 amide bonds. The molecule has 6 nitrogen and oxygen atoms in total. The zero-order valence-corrected chi connectivity index (χ0v) is 11.3. The van der Waals surface area contributed by atoms with Crippen LogP contribution in [0.2, 0.25) is 0 Å². The molecular formula is C10H23N3O3S. The molecule has 0 radical (unpaired) electrons. The molecule has 7 heteroatoms. The maximum atomic E-state index is 11.5. The van der Waals surface area contributed by atoms with Gasteiger partial charge in [0, 0.05) is 18.5 Å². The molecule has 0 aromatic heterocycles.